The Morgan fingerprint density at radius 3 is 2.59 bits per heavy atom. The van der Waals surface area contributed by atoms with Crippen molar-refractivity contribution in [1.82, 2.24) is 20.2 Å². The Labute approximate surface area is 192 Å². The van der Waals surface area contributed by atoms with Crippen molar-refractivity contribution >= 4 is 29.1 Å². The van der Waals surface area contributed by atoms with Crippen molar-refractivity contribution in [3.05, 3.63) is 59.2 Å². The van der Waals surface area contributed by atoms with E-state index in [0.717, 1.165) is 28.9 Å². The summed E-state index contributed by atoms with van der Waals surface area (Å²) in [6.45, 7) is 9.86. The monoisotopic (exact) mass is 449 g/mol. The van der Waals surface area contributed by atoms with Gasteiger partial charge in [-0.1, -0.05) is 43.0 Å². The molecule has 0 saturated carbocycles. The summed E-state index contributed by atoms with van der Waals surface area (Å²) in [5, 5.41) is 12.5. The zero-order chi connectivity index (χ0) is 23.0. The van der Waals surface area contributed by atoms with Gasteiger partial charge in [0.15, 0.2) is 5.78 Å². The lowest BCUT2D eigenvalue weighted by molar-refractivity contribution is -0.117. The van der Waals surface area contributed by atoms with Crippen LogP contribution < -0.4 is 4.90 Å². The third-order valence-electron chi connectivity index (χ3n) is 5.95. The second-order valence-corrected chi connectivity index (χ2v) is 9.87. The van der Waals surface area contributed by atoms with Gasteiger partial charge < -0.3 is 4.90 Å². The van der Waals surface area contributed by atoms with E-state index in [0.29, 0.717) is 16.6 Å². The Hall–Kier alpha value is -3.00. The number of thioether (sulfide) groups is 1. The number of para-hydroxylation sites is 1. The van der Waals surface area contributed by atoms with Gasteiger partial charge in [-0.05, 0) is 79.8 Å². The van der Waals surface area contributed by atoms with Crippen LogP contribution in [-0.4, -0.2) is 43.2 Å². The topological polar surface area (TPSA) is 81.0 Å². The molecule has 0 fully saturated rings. The zero-order valence-electron chi connectivity index (χ0n) is 19.0. The number of hydrogen-bond acceptors (Lipinski definition) is 6. The molecule has 166 valence electrons. The van der Waals surface area contributed by atoms with E-state index in [-0.39, 0.29) is 23.0 Å². The Bertz CT molecular complexity index is 1170. The minimum absolute atomic E-state index is 0.00476. The van der Waals surface area contributed by atoms with Crippen LogP contribution in [0, 0.1) is 6.92 Å². The predicted molar refractivity (Wildman–Crippen MR) is 126 cm³/mol. The van der Waals surface area contributed by atoms with Crippen LogP contribution in [0.1, 0.15) is 61.5 Å². The lowest BCUT2D eigenvalue weighted by Gasteiger charge is -2.46. The van der Waals surface area contributed by atoms with E-state index >= 15 is 0 Å². The van der Waals surface area contributed by atoms with Gasteiger partial charge in [-0.2, -0.15) is 4.68 Å². The third kappa shape index (κ3) is 4.07. The van der Waals surface area contributed by atoms with Crippen molar-refractivity contribution in [3.8, 4) is 5.69 Å². The molecule has 32 heavy (non-hydrogen) atoms. The molecular weight excluding hydrogens is 422 g/mol. The summed E-state index contributed by atoms with van der Waals surface area (Å²) in [5.41, 5.74) is 4.01. The minimum Gasteiger partial charge on any atom is -0.306 e. The number of nitrogens with zero attached hydrogens (tertiary/aromatic N) is 5. The minimum atomic E-state index is -0.376. The Morgan fingerprint density at radius 1 is 1.19 bits per heavy atom. The van der Waals surface area contributed by atoms with Gasteiger partial charge in [-0.3, -0.25) is 9.59 Å². The number of rotatable bonds is 5. The number of hydrogen-bond donors (Lipinski definition) is 0. The molecule has 1 aliphatic heterocycles. The molecule has 4 rings (SSSR count). The molecule has 8 heteroatoms. The van der Waals surface area contributed by atoms with Crippen molar-refractivity contribution in [2.24, 2.45) is 0 Å². The Balaban J connectivity index is 1.64. The van der Waals surface area contributed by atoms with E-state index in [4.69, 9.17) is 0 Å². The highest BCUT2D eigenvalue weighted by atomic mass is 32.2. The third-order valence-corrected chi connectivity index (χ3v) is 6.86. The van der Waals surface area contributed by atoms with Crippen LogP contribution in [0.3, 0.4) is 0 Å². The van der Waals surface area contributed by atoms with Gasteiger partial charge in [-0.25, -0.2) is 0 Å². The van der Waals surface area contributed by atoms with Crippen molar-refractivity contribution in [1.29, 1.82) is 0 Å². The lowest BCUT2D eigenvalue weighted by atomic mass is 9.78. The van der Waals surface area contributed by atoms with Crippen LogP contribution in [0.5, 0.6) is 0 Å². The van der Waals surface area contributed by atoms with Crippen molar-refractivity contribution in [2.45, 2.75) is 57.7 Å². The summed E-state index contributed by atoms with van der Waals surface area (Å²) in [5.74, 6) is 0.453. The average Bonchev–Trinajstić information content (AvgIpc) is 3.21. The number of carbonyl (C=O) groups is 2. The smallest absolute Gasteiger partial charge is 0.237 e. The number of carbonyl (C=O) groups excluding carboxylic acids is 2. The van der Waals surface area contributed by atoms with E-state index in [1.807, 2.05) is 48.2 Å². The first-order chi connectivity index (χ1) is 15.2. The summed E-state index contributed by atoms with van der Waals surface area (Å²) in [4.78, 5) is 27.6. The Morgan fingerprint density at radius 2 is 1.91 bits per heavy atom. The molecule has 0 unspecified atom stereocenters. The summed E-state index contributed by atoms with van der Waals surface area (Å²) < 4.78 is 1.63. The molecule has 1 amide bonds. The van der Waals surface area contributed by atoms with Crippen molar-refractivity contribution in [3.63, 3.8) is 0 Å². The molecule has 0 radical (unpaired) electrons. The van der Waals surface area contributed by atoms with Crippen LogP contribution in [0.25, 0.3) is 5.69 Å². The first-order valence-electron chi connectivity index (χ1n) is 10.6. The fourth-order valence-corrected chi connectivity index (χ4v) is 5.37. The van der Waals surface area contributed by atoms with Gasteiger partial charge in [0.1, 0.15) is 0 Å². The summed E-state index contributed by atoms with van der Waals surface area (Å²) in [7, 11) is 0. The Kier molecular flexibility index (Phi) is 5.90. The molecule has 0 saturated heterocycles. The summed E-state index contributed by atoms with van der Waals surface area (Å²) in [6.07, 6.45) is 0.844. The number of Topliss-reactive ketones (excluding diaryl/α,β-unsaturated/α-hetero) is 1. The molecule has 0 spiro atoms. The number of benzene rings is 2. The normalized spacial score (nSPS) is 17.2. The maximum absolute atomic E-state index is 13.5. The predicted octanol–water partition coefficient (Wildman–Crippen LogP) is 4.58. The average molecular weight is 450 g/mol. The highest BCUT2D eigenvalue weighted by Gasteiger charge is 2.40. The number of tetrazole rings is 1. The highest BCUT2D eigenvalue weighted by molar-refractivity contribution is 7.99. The SMILES string of the molecule is CC(=O)c1cc2c(cc1C)[C@@H](C)CC(C)(C)N2C(=O)CSc1nnnn1-c1ccccc1. The molecular formula is C24H27N5O2S. The molecule has 3 aromatic rings. The van der Waals surface area contributed by atoms with Gasteiger partial charge in [0.2, 0.25) is 11.1 Å². The van der Waals surface area contributed by atoms with Crippen molar-refractivity contribution < 1.29 is 9.59 Å². The quantitative estimate of drug-likeness (QED) is 0.419. The maximum atomic E-state index is 13.5. The number of ketones is 1. The molecule has 1 aromatic heterocycles. The van der Waals surface area contributed by atoms with Gasteiger partial charge >= 0.3 is 0 Å². The molecule has 7 nitrogen and oxygen atoms in total. The molecule has 1 aliphatic rings. The first kappa shape index (κ1) is 22.2. The molecule has 0 aliphatic carbocycles. The lowest BCUT2D eigenvalue weighted by Crippen LogP contribution is -2.52. The molecule has 1 atom stereocenters. The molecule has 0 bridgehead atoms. The van der Waals surface area contributed by atoms with Crippen LogP contribution in [0.2, 0.25) is 0 Å². The second-order valence-electron chi connectivity index (χ2n) is 8.93. The van der Waals surface area contributed by atoms with Crippen LogP contribution in [-0.2, 0) is 4.79 Å². The number of anilines is 1. The standard InChI is InChI=1S/C24H27N5O2S/c1-15-11-20-16(2)13-24(4,5)28(21(20)12-19(15)17(3)30)22(31)14-32-23-25-26-27-29(23)18-9-7-6-8-10-18/h6-12,16H,13-14H2,1-5H3/t16-/m0/s1. The number of amides is 1. The van der Waals surface area contributed by atoms with Gasteiger partial charge in [0.05, 0.1) is 11.4 Å². The van der Waals surface area contributed by atoms with E-state index in [1.54, 1.807) is 11.6 Å². The number of aryl methyl sites for hydroxylation is 1. The number of aromatic nitrogens is 4. The number of fused-ring (bicyclic) bond motifs is 1. The van der Waals surface area contributed by atoms with Gasteiger partial charge in [-0.15, -0.1) is 5.10 Å². The van der Waals surface area contributed by atoms with Gasteiger partial charge in [0, 0.05) is 16.8 Å². The van der Waals surface area contributed by atoms with Crippen LogP contribution >= 0.6 is 11.8 Å². The fraction of sp³-hybridized carbons (Fsp3) is 0.375. The molecule has 2 heterocycles. The maximum Gasteiger partial charge on any atom is 0.237 e. The second kappa shape index (κ2) is 8.50. The summed E-state index contributed by atoms with van der Waals surface area (Å²) in [6, 6.07) is 13.5. The summed E-state index contributed by atoms with van der Waals surface area (Å²) >= 11 is 1.31. The molecule has 2 aromatic carbocycles. The van der Waals surface area contributed by atoms with Crippen LogP contribution in [0.4, 0.5) is 5.69 Å². The van der Waals surface area contributed by atoms with Crippen LogP contribution in [0.15, 0.2) is 47.6 Å². The van der Waals surface area contributed by atoms with Crippen molar-refractivity contribution in [2.75, 3.05) is 10.7 Å². The van der Waals surface area contributed by atoms with E-state index in [9.17, 15) is 9.59 Å². The highest BCUT2D eigenvalue weighted by Crippen LogP contribution is 2.44. The largest absolute Gasteiger partial charge is 0.306 e. The molecule has 0 N–H and O–H groups in total. The zero-order valence-corrected chi connectivity index (χ0v) is 19.8. The van der Waals surface area contributed by atoms with E-state index < -0.39 is 0 Å². The van der Waals surface area contributed by atoms with E-state index in [1.165, 1.54) is 11.8 Å². The van der Waals surface area contributed by atoms with E-state index in [2.05, 4.69) is 42.4 Å². The first-order valence-corrected chi connectivity index (χ1v) is 11.6. The van der Waals surface area contributed by atoms with Gasteiger partial charge in [0.25, 0.3) is 0 Å². The fourth-order valence-electron chi connectivity index (χ4n) is 4.63.